The van der Waals surface area contributed by atoms with Gasteiger partial charge in [0.15, 0.2) is 42.3 Å². The molecule has 45 heavy (non-hydrogen) atoms. The van der Waals surface area contributed by atoms with Crippen LogP contribution in [0.15, 0.2) is 0 Å². The van der Waals surface area contributed by atoms with Crippen LogP contribution in [0.5, 0.6) is 0 Å². The molecule has 0 aliphatic carbocycles. The monoisotopic (exact) mass is 658 g/mol. The first-order valence-electron chi connectivity index (χ1n) is 12.2. The second-order valence-electron chi connectivity index (χ2n) is 8.23. The minimum absolute atomic E-state index is 0. The molecule has 0 fully saturated rings. The highest BCUT2D eigenvalue weighted by atomic mass is 16.6. The number of hydrogen-bond donors (Lipinski definition) is 1. The summed E-state index contributed by atoms with van der Waals surface area (Å²) in [7, 11) is 2.77. The minimum Gasteiger partial charge on any atom is -0.461 e. The molecule has 0 aromatic rings. The fourth-order valence-electron chi connectivity index (χ4n) is 2.05. The Labute approximate surface area is 266 Å². The van der Waals surface area contributed by atoms with E-state index in [9.17, 15) is 38.4 Å². The number of carbonyl (C=O) groups excluding carboxylic acids is 8. The maximum atomic E-state index is 11.6. The van der Waals surface area contributed by atoms with Gasteiger partial charge in [-0.2, -0.15) is 0 Å². The van der Waals surface area contributed by atoms with Crippen LogP contribution in [0.1, 0.15) is 77.2 Å². The lowest BCUT2D eigenvalue weighted by Crippen LogP contribution is -2.31. The zero-order valence-electron chi connectivity index (χ0n) is 24.1. The third-order valence-corrected chi connectivity index (χ3v) is 4.49. The van der Waals surface area contributed by atoms with Gasteiger partial charge < -0.3 is 38.3 Å². The average molecular weight is 659 g/mol. The lowest BCUT2D eigenvalue weighted by atomic mass is 10.2. The van der Waals surface area contributed by atoms with Gasteiger partial charge in [0.25, 0.3) is 0 Å². The molecule has 266 valence electrons. The fourth-order valence-corrected chi connectivity index (χ4v) is 2.05. The first-order valence-corrected chi connectivity index (χ1v) is 12.2. The number of aliphatic hydroxyl groups is 1. The highest BCUT2D eigenvalue weighted by molar-refractivity contribution is 5.99. The van der Waals surface area contributed by atoms with Gasteiger partial charge in [0.2, 0.25) is 0 Å². The summed E-state index contributed by atoms with van der Waals surface area (Å²) in [5, 5.41) is 8.93. The minimum atomic E-state index is -1.37. The second kappa shape index (κ2) is 30.3. The smallest absolute Gasteiger partial charge is 0.344 e. The Bertz CT molecular complexity index is 912. The van der Waals surface area contributed by atoms with Crippen molar-refractivity contribution >= 4 is 47.2 Å². The number of aliphatic hydroxyl groups excluding tert-OH is 1. The fraction of sp³-hybridized carbons (Fsp3) is 0.724. The van der Waals surface area contributed by atoms with E-state index in [0.29, 0.717) is 0 Å². The number of Topliss-reactive ketones (excluding diaryl/α,β-unsaturated/α-hetero) is 3. The average Bonchev–Trinajstić information content (AvgIpc) is 2.90. The molecule has 1 N–H and O–H groups in total. The Morgan fingerprint density at radius 1 is 0.578 bits per heavy atom. The van der Waals surface area contributed by atoms with Crippen molar-refractivity contribution < 1.29 is 76.6 Å². The molecule has 0 heterocycles. The Kier molecular flexibility index (Phi) is 36.2. The van der Waals surface area contributed by atoms with Gasteiger partial charge in [-0.3, -0.25) is 24.0 Å². The summed E-state index contributed by atoms with van der Waals surface area (Å²) in [5.41, 5.74) is 0. The van der Waals surface area contributed by atoms with Crippen LogP contribution in [0.3, 0.4) is 0 Å². The normalized spacial score (nSPS) is 11.9. The van der Waals surface area contributed by atoms with Gasteiger partial charge in [-0.15, -0.1) is 0 Å². The van der Waals surface area contributed by atoms with Crippen LogP contribution in [-0.2, 0) is 71.5 Å². The Morgan fingerprint density at radius 3 is 1.38 bits per heavy atom. The van der Waals surface area contributed by atoms with E-state index in [0.717, 1.165) is 0 Å². The van der Waals surface area contributed by atoms with Crippen molar-refractivity contribution in [2.75, 3.05) is 40.6 Å². The summed E-state index contributed by atoms with van der Waals surface area (Å²) in [6.07, 6.45) is -5.66. The highest BCUT2D eigenvalue weighted by Crippen LogP contribution is 2.03. The summed E-state index contributed by atoms with van der Waals surface area (Å²) in [6, 6.07) is 0. The maximum Gasteiger partial charge on any atom is 0.344 e. The summed E-state index contributed by atoms with van der Waals surface area (Å²) in [4.78, 5) is 89.7. The van der Waals surface area contributed by atoms with E-state index in [4.69, 9.17) is 14.6 Å². The molecule has 0 bridgehead atoms. The Morgan fingerprint density at radius 2 is 1.00 bits per heavy atom. The summed E-state index contributed by atoms with van der Waals surface area (Å²) >= 11 is 0. The van der Waals surface area contributed by atoms with Crippen LogP contribution in [-0.4, -0.2) is 117 Å². The van der Waals surface area contributed by atoms with Crippen molar-refractivity contribution in [3.8, 4) is 0 Å². The molecule has 16 nitrogen and oxygen atoms in total. The third-order valence-electron chi connectivity index (χ3n) is 4.49. The molecule has 0 aromatic heterocycles. The van der Waals surface area contributed by atoms with Crippen molar-refractivity contribution in [3.05, 3.63) is 0 Å². The molecule has 0 radical (unpaired) electrons. The topological polar surface area (TPSA) is 221 Å². The first kappa shape index (κ1) is 53.8. The molecule has 0 saturated heterocycles. The summed E-state index contributed by atoms with van der Waals surface area (Å²) < 4.78 is 32.5. The number of ketones is 3. The van der Waals surface area contributed by atoms with Gasteiger partial charge in [0.05, 0.1) is 6.61 Å². The van der Waals surface area contributed by atoms with Crippen LogP contribution < -0.4 is 0 Å². The molecule has 4 unspecified atom stereocenters. The van der Waals surface area contributed by atoms with Gasteiger partial charge in [-0.1, -0.05) is 29.7 Å². The van der Waals surface area contributed by atoms with Gasteiger partial charge in [-0.25, -0.2) is 14.4 Å². The van der Waals surface area contributed by atoms with E-state index in [-0.39, 0.29) is 55.3 Å². The molecule has 0 rings (SSSR count). The van der Waals surface area contributed by atoms with E-state index in [1.165, 1.54) is 48.8 Å². The maximum absolute atomic E-state index is 11.6. The first-order chi connectivity index (χ1) is 19.0. The Hall–Kier alpha value is -3.76. The van der Waals surface area contributed by atoms with E-state index >= 15 is 0 Å². The van der Waals surface area contributed by atoms with E-state index in [1.807, 2.05) is 0 Å². The molecule has 0 spiro atoms. The Balaban J connectivity index is -0.000000157. The molecule has 0 amide bonds. The molecule has 0 aliphatic heterocycles. The number of rotatable bonds is 18. The van der Waals surface area contributed by atoms with Gasteiger partial charge in [0.1, 0.15) is 32.2 Å². The van der Waals surface area contributed by atoms with Crippen LogP contribution in [0.4, 0.5) is 0 Å². The molecular formula is C29H54O16. The van der Waals surface area contributed by atoms with Crippen LogP contribution >= 0.6 is 0 Å². The summed E-state index contributed by atoms with van der Waals surface area (Å²) in [5.74, 6) is -5.87. The van der Waals surface area contributed by atoms with Crippen LogP contribution in [0.25, 0.3) is 0 Å². The van der Waals surface area contributed by atoms with Gasteiger partial charge in [-0.05, 0) is 34.6 Å². The number of methoxy groups -OCH3 is 2. The number of carbonyl (C=O) groups is 8. The van der Waals surface area contributed by atoms with E-state index in [1.54, 1.807) is 0 Å². The lowest BCUT2D eigenvalue weighted by Gasteiger charge is -2.14. The predicted molar refractivity (Wildman–Crippen MR) is 161 cm³/mol. The zero-order valence-corrected chi connectivity index (χ0v) is 24.1. The lowest BCUT2D eigenvalue weighted by molar-refractivity contribution is -0.165. The number of hydrogen-bond acceptors (Lipinski definition) is 16. The molecule has 0 saturated carbocycles. The highest BCUT2D eigenvalue weighted by Gasteiger charge is 2.25. The van der Waals surface area contributed by atoms with Crippen LogP contribution in [0.2, 0.25) is 0 Å². The number of ether oxygens (including phenoxy) is 7. The van der Waals surface area contributed by atoms with E-state index in [2.05, 4.69) is 23.7 Å². The molecular weight excluding hydrogens is 604 g/mol. The van der Waals surface area contributed by atoms with Crippen molar-refractivity contribution in [2.45, 2.75) is 102 Å². The van der Waals surface area contributed by atoms with Gasteiger partial charge in [0, 0.05) is 14.2 Å². The standard InChI is InChI=1S/C13H20O9.C12H18O7.4CH4/c1-8(14)13(18)22-9(2)10(15)6-11(16)21-7-12(17)20-5-4-19-3;1-7(13)6-18-11(15)5-10(14)8(2)19-12(16)9(3)17-4;;;;/h8-9,14H,4-7H2,1-3H3;8-9H,5-6H2,1-4H3;4*1H4. The van der Waals surface area contributed by atoms with Crippen molar-refractivity contribution in [1.82, 2.24) is 0 Å². The van der Waals surface area contributed by atoms with Gasteiger partial charge >= 0.3 is 29.8 Å². The number of esters is 5. The summed E-state index contributed by atoms with van der Waals surface area (Å²) in [6.45, 7) is 5.76. The zero-order chi connectivity index (χ0) is 32.1. The third kappa shape index (κ3) is 28.8. The van der Waals surface area contributed by atoms with Crippen molar-refractivity contribution in [1.29, 1.82) is 0 Å². The quantitative estimate of drug-likeness (QED) is 0.0955. The molecule has 0 aromatic carbocycles. The second-order valence-corrected chi connectivity index (χ2v) is 8.23. The largest absolute Gasteiger partial charge is 0.461 e. The van der Waals surface area contributed by atoms with Crippen molar-refractivity contribution in [2.24, 2.45) is 0 Å². The van der Waals surface area contributed by atoms with Crippen molar-refractivity contribution in [3.63, 3.8) is 0 Å². The van der Waals surface area contributed by atoms with E-state index < -0.39 is 85.3 Å². The molecule has 0 aliphatic rings. The molecule has 16 heteroatoms. The molecule has 4 atom stereocenters. The van der Waals surface area contributed by atoms with Crippen LogP contribution in [0, 0.1) is 0 Å². The predicted octanol–water partition coefficient (Wildman–Crippen LogP) is 1.58. The SMILES string of the molecule is C.C.C.C.COC(C)C(=O)OC(C)C(=O)CC(=O)OCC(C)=O.COCCOC(=O)COC(=O)CC(=O)C(C)OC(=O)C(C)O.